The fourth-order valence-corrected chi connectivity index (χ4v) is 3.35. The van der Waals surface area contributed by atoms with Crippen LogP contribution in [0.5, 0.6) is 0 Å². The van der Waals surface area contributed by atoms with E-state index in [1.165, 1.54) is 12.0 Å². The summed E-state index contributed by atoms with van der Waals surface area (Å²) in [6.07, 6.45) is 4.11. The van der Waals surface area contributed by atoms with Gasteiger partial charge in [-0.2, -0.15) is 5.10 Å². The van der Waals surface area contributed by atoms with Gasteiger partial charge in [-0.15, -0.1) is 0 Å². The molecule has 1 amide bonds. The van der Waals surface area contributed by atoms with Crippen molar-refractivity contribution in [3.05, 3.63) is 17.0 Å². The number of aromatic nitrogens is 2. The van der Waals surface area contributed by atoms with E-state index in [-0.39, 0.29) is 17.9 Å². The van der Waals surface area contributed by atoms with Gasteiger partial charge in [0.1, 0.15) is 0 Å². The Hall–Kier alpha value is -1.36. The van der Waals surface area contributed by atoms with Gasteiger partial charge in [0.2, 0.25) is 5.91 Å². The first-order valence-corrected chi connectivity index (χ1v) is 7.93. The van der Waals surface area contributed by atoms with Gasteiger partial charge in [0.25, 0.3) is 0 Å². The van der Waals surface area contributed by atoms with E-state index in [0.717, 1.165) is 30.7 Å². The van der Waals surface area contributed by atoms with Gasteiger partial charge < -0.3 is 11.1 Å². The topological polar surface area (TPSA) is 72.9 Å². The number of rotatable bonds is 5. The Morgan fingerprint density at radius 1 is 1.48 bits per heavy atom. The number of nitrogens with two attached hydrogens (primary N) is 1. The zero-order valence-electron chi connectivity index (χ0n) is 13.6. The maximum absolute atomic E-state index is 12.4. The quantitative estimate of drug-likeness (QED) is 0.863. The van der Waals surface area contributed by atoms with E-state index in [2.05, 4.69) is 17.3 Å². The van der Waals surface area contributed by atoms with E-state index in [4.69, 9.17) is 5.73 Å². The van der Waals surface area contributed by atoms with E-state index in [9.17, 15) is 4.79 Å². The van der Waals surface area contributed by atoms with Crippen molar-refractivity contribution in [2.24, 2.45) is 24.6 Å². The lowest BCUT2D eigenvalue weighted by Gasteiger charge is -2.22. The summed E-state index contributed by atoms with van der Waals surface area (Å²) < 4.78 is 1.89. The molecule has 1 aliphatic carbocycles. The van der Waals surface area contributed by atoms with Crippen LogP contribution in [0.25, 0.3) is 0 Å². The number of carbonyl (C=O) groups is 1. The van der Waals surface area contributed by atoms with Crippen LogP contribution < -0.4 is 11.1 Å². The summed E-state index contributed by atoms with van der Waals surface area (Å²) in [4.78, 5) is 12.4. The number of carbonyl (C=O) groups excluding carboxylic acids is 1. The van der Waals surface area contributed by atoms with E-state index in [1.807, 2.05) is 25.6 Å². The molecule has 0 aliphatic heterocycles. The standard InChI is InChI=1S/C16H28N4O/c1-10(8-14-11(2)19-20(4)12(14)3)16(21)18-15-7-5-6-13(15)9-17/h10,13,15H,5-9,17H2,1-4H3,(H,18,21). The first-order chi connectivity index (χ1) is 9.93. The second-order valence-corrected chi connectivity index (χ2v) is 6.42. The fraction of sp³-hybridized carbons (Fsp3) is 0.750. The summed E-state index contributed by atoms with van der Waals surface area (Å²) in [5, 5.41) is 7.62. The van der Waals surface area contributed by atoms with Crippen LogP contribution in [-0.2, 0) is 18.3 Å². The van der Waals surface area contributed by atoms with Gasteiger partial charge in [0.15, 0.2) is 0 Å². The highest BCUT2D eigenvalue weighted by atomic mass is 16.1. The fourth-order valence-electron chi connectivity index (χ4n) is 3.35. The molecule has 2 rings (SSSR count). The van der Waals surface area contributed by atoms with Gasteiger partial charge >= 0.3 is 0 Å². The molecule has 0 saturated heterocycles. The van der Waals surface area contributed by atoms with Gasteiger partial charge in [0, 0.05) is 24.7 Å². The second-order valence-electron chi connectivity index (χ2n) is 6.42. The predicted octanol–water partition coefficient (Wildman–Crippen LogP) is 1.46. The minimum absolute atomic E-state index is 0.0365. The highest BCUT2D eigenvalue weighted by molar-refractivity contribution is 5.79. The molecule has 5 heteroatoms. The maximum Gasteiger partial charge on any atom is 0.223 e. The van der Waals surface area contributed by atoms with Crippen LogP contribution >= 0.6 is 0 Å². The number of aryl methyl sites for hydroxylation is 2. The van der Waals surface area contributed by atoms with Crippen LogP contribution in [-0.4, -0.2) is 28.3 Å². The van der Waals surface area contributed by atoms with E-state index >= 15 is 0 Å². The van der Waals surface area contributed by atoms with Gasteiger partial charge in [-0.25, -0.2) is 0 Å². The highest BCUT2D eigenvalue weighted by Crippen LogP contribution is 2.25. The van der Waals surface area contributed by atoms with Gasteiger partial charge in [-0.1, -0.05) is 13.3 Å². The number of hydrogen-bond donors (Lipinski definition) is 2. The molecule has 1 aromatic rings. The lowest BCUT2D eigenvalue weighted by molar-refractivity contribution is -0.125. The van der Waals surface area contributed by atoms with Gasteiger partial charge in [-0.05, 0) is 51.1 Å². The van der Waals surface area contributed by atoms with E-state index in [1.54, 1.807) is 0 Å². The largest absolute Gasteiger partial charge is 0.353 e. The molecule has 118 valence electrons. The zero-order valence-corrected chi connectivity index (χ0v) is 13.6. The van der Waals surface area contributed by atoms with Gasteiger partial charge in [0.05, 0.1) is 5.69 Å². The van der Waals surface area contributed by atoms with Gasteiger partial charge in [-0.3, -0.25) is 9.48 Å². The Morgan fingerprint density at radius 3 is 2.76 bits per heavy atom. The summed E-state index contributed by atoms with van der Waals surface area (Å²) >= 11 is 0. The second kappa shape index (κ2) is 6.60. The Kier molecular flexibility index (Phi) is 5.04. The molecule has 3 N–H and O–H groups in total. The van der Waals surface area contributed by atoms with E-state index in [0.29, 0.717) is 12.5 Å². The molecular formula is C16H28N4O. The molecule has 1 aromatic heterocycles. The van der Waals surface area contributed by atoms with Crippen LogP contribution in [0.3, 0.4) is 0 Å². The molecule has 3 unspecified atom stereocenters. The van der Waals surface area contributed by atoms with Crippen molar-refractivity contribution < 1.29 is 4.79 Å². The molecule has 0 aromatic carbocycles. The van der Waals surface area contributed by atoms with Crippen LogP contribution in [0.15, 0.2) is 0 Å². The highest BCUT2D eigenvalue weighted by Gasteiger charge is 2.29. The number of hydrogen-bond acceptors (Lipinski definition) is 3. The maximum atomic E-state index is 12.4. The summed E-state index contributed by atoms with van der Waals surface area (Å²) in [7, 11) is 1.95. The third-order valence-corrected chi connectivity index (χ3v) is 4.91. The minimum atomic E-state index is -0.0365. The molecule has 1 aliphatic rings. The molecule has 1 saturated carbocycles. The van der Waals surface area contributed by atoms with Crippen LogP contribution in [0, 0.1) is 25.7 Å². The molecule has 1 fully saturated rings. The smallest absolute Gasteiger partial charge is 0.223 e. The summed E-state index contributed by atoms with van der Waals surface area (Å²) in [6, 6.07) is 0.265. The predicted molar refractivity (Wildman–Crippen MR) is 83.9 cm³/mol. The van der Waals surface area contributed by atoms with Crippen molar-refractivity contribution >= 4 is 5.91 Å². The third kappa shape index (κ3) is 3.46. The van der Waals surface area contributed by atoms with Crippen molar-refractivity contribution in [2.75, 3.05) is 6.54 Å². The Morgan fingerprint density at radius 2 is 2.19 bits per heavy atom. The van der Waals surface area contributed by atoms with Crippen molar-refractivity contribution in [1.82, 2.24) is 15.1 Å². The molecule has 0 bridgehead atoms. The first kappa shape index (κ1) is 16.0. The number of nitrogens with one attached hydrogen (secondary N) is 1. The van der Waals surface area contributed by atoms with Crippen molar-refractivity contribution in [1.29, 1.82) is 0 Å². The molecule has 21 heavy (non-hydrogen) atoms. The Balaban J connectivity index is 1.96. The van der Waals surface area contributed by atoms with Crippen molar-refractivity contribution in [3.8, 4) is 0 Å². The molecule has 0 spiro atoms. The molecular weight excluding hydrogens is 264 g/mol. The summed E-state index contributed by atoms with van der Waals surface area (Å²) in [5.41, 5.74) is 9.15. The molecule has 0 radical (unpaired) electrons. The Labute approximate surface area is 127 Å². The Bertz CT molecular complexity index is 509. The first-order valence-electron chi connectivity index (χ1n) is 7.93. The molecule has 5 nitrogen and oxygen atoms in total. The number of nitrogens with zero attached hydrogens (tertiary/aromatic N) is 2. The third-order valence-electron chi connectivity index (χ3n) is 4.91. The average Bonchev–Trinajstić information content (AvgIpc) is 2.98. The van der Waals surface area contributed by atoms with Crippen molar-refractivity contribution in [3.63, 3.8) is 0 Å². The van der Waals surface area contributed by atoms with Crippen LogP contribution in [0.2, 0.25) is 0 Å². The number of amides is 1. The van der Waals surface area contributed by atoms with E-state index < -0.39 is 0 Å². The molecule has 3 atom stereocenters. The zero-order chi connectivity index (χ0) is 15.6. The summed E-state index contributed by atoms with van der Waals surface area (Å²) in [5.74, 6) is 0.552. The summed E-state index contributed by atoms with van der Waals surface area (Å²) in [6.45, 7) is 6.73. The average molecular weight is 292 g/mol. The van der Waals surface area contributed by atoms with Crippen LogP contribution in [0.1, 0.15) is 43.1 Å². The monoisotopic (exact) mass is 292 g/mol. The normalized spacial score (nSPS) is 23.3. The SMILES string of the molecule is Cc1nn(C)c(C)c1CC(C)C(=O)NC1CCCC1CN. The molecule has 1 heterocycles. The lowest BCUT2D eigenvalue weighted by Crippen LogP contribution is -2.42. The minimum Gasteiger partial charge on any atom is -0.353 e. The lowest BCUT2D eigenvalue weighted by atomic mass is 9.97. The van der Waals surface area contributed by atoms with Crippen LogP contribution in [0.4, 0.5) is 0 Å². The van der Waals surface area contributed by atoms with Crippen molar-refractivity contribution in [2.45, 2.75) is 52.5 Å².